The molecule has 14 nitrogen and oxygen atoms in total. The summed E-state index contributed by atoms with van der Waals surface area (Å²) < 4.78 is 21.4. The van der Waals surface area contributed by atoms with Gasteiger partial charge in [0.15, 0.2) is 0 Å². The highest BCUT2D eigenvalue weighted by Crippen LogP contribution is 2.17. The first-order chi connectivity index (χ1) is 20.3. The summed E-state index contributed by atoms with van der Waals surface area (Å²) in [6.45, 7) is 21.3. The number of carbonyl (C=O) groups excluding carboxylic acids is 5. The molecule has 262 valence electrons. The average molecular weight is 646 g/mol. The van der Waals surface area contributed by atoms with Crippen LogP contribution in [-0.4, -0.2) is 101 Å². The van der Waals surface area contributed by atoms with Gasteiger partial charge in [-0.3, -0.25) is 4.90 Å². The lowest BCUT2D eigenvalue weighted by Crippen LogP contribution is -2.53. The SMILES string of the molecule is CC(C)(C)OC(=O)NCCCN(CCC[C@@H](C(=O)[O-])N(CCCNC(=O)OC(C)(C)C)C(=O)OC(C)(C)C)C(=O)OC(C)(C)C. The molecule has 0 saturated carbocycles. The number of hydrogen-bond acceptors (Lipinski definition) is 10. The van der Waals surface area contributed by atoms with Crippen LogP contribution in [0.3, 0.4) is 0 Å². The Morgan fingerprint density at radius 3 is 1.36 bits per heavy atom. The van der Waals surface area contributed by atoms with E-state index in [9.17, 15) is 29.1 Å². The predicted octanol–water partition coefficient (Wildman–Crippen LogP) is 4.19. The van der Waals surface area contributed by atoms with Crippen LogP contribution in [0.5, 0.6) is 0 Å². The molecule has 0 unspecified atom stereocenters. The number of rotatable bonds is 14. The fraction of sp³-hybridized carbons (Fsp3) is 0.839. The number of alkyl carbamates (subject to hydrolysis) is 2. The van der Waals surface area contributed by atoms with Crippen molar-refractivity contribution in [1.82, 2.24) is 20.4 Å². The van der Waals surface area contributed by atoms with Crippen molar-refractivity contribution >= 4 is 30.3 Å². The first-order valence-corrected chi connectivity index (χ1v) is 15.4. The topological polar surface area (TPSA) is 176 Å². The molecule has 0 aromatic heterocycles. The van der Waals surface area contributed by atoms with E-state index >= 15 is 0 Å². The third-order valence-electron chi connectivity index (χ3n) is 5.35. The van der Waals surface area contributed by atoms with Crippen molar-refractivity contribution in [3.05, 3.63) is 0 Å². The first kappa shape index (κ1) is 41.5. The summed E-state index contributed by atoms with van der Waals surface area (Å²) >= 11 is 0. The summed E-state index contributed by atoms with van der Waals surface area (Å²) in [5, 5.41) is 17.5. The smallest absolute Gasteiger partial charge is 0.410 e. The van der Waals surface area contributed by atoms with E-state index in [1.165, 1.54) is 4.90 Å². The van der Waals surface area contributed by atoms with Crippen molar-refractivity contribution in [1.29, 1.82) is 0 Å². The van der Waals surface area contributed by atoms with E-state index in [0.29, 0.717) is 6.42 Å². The van der Waals surface area contributed by atoms with Crippen molar-refractivity contribution in [2.75, 3.05) is 32.7 Å². The van der Waals surface area contributed by atoms with Crippen LogP contribution in [0.25, 0.3) is 0 Å². The molecule has 0 aliphatic rings. The second-order valence-electron chi connectivity index (χ2n) is 14.7. The molecule has 0 fully saturated rings. The van der Waals surface area contributed by atoms with Gasteiger partial charge in [0.05, 0.1) is 12.0 Å². The molecule has 0 aromatic rings. The van der Waals surface area contributed by atoms with Gasteiger partial charge in [-0.2, -0.15) is 0 Å². The number of nitrogens with zero attached hydrogens (tertiary/aromatic N) is 2. The van der Waals surface area contributed by atoms with Crippen molar-refractivity contribution < 1.29 is 48.0 Å². The highest BCUT2D eigenvalue weighted by Gasteiger charge is 2.30. The maximum absolute atomic E-state index is 13.1. The molecule has 0 spiro atoms. The fourth-order valence-corrected chi connectivity index (χ4v) is 3.72. The summed E-state index contributed by atoms with van der Waals surface area (Å²) in [6, 6.07) is -1.37. The van der Waals surface area contributed by atoms with Crippen molar-refractivity contribution in [2.24, 2.45) is 0 Å². The number of hydrogen-bond donors (Lipinski definition) is 2. The van der Waals surface area contributed by atoms with Crippen LogP contribution in [0.2, 0.25) is 0 Å². The Kier molecular flexibility index (Phi) is 16.5. The molecule has 0 radical (unpaired) electrons. The zero-order chi connectivity index (χ0) is 35.2. The van der Waals surface area contributed by atoms with Crippen molar-refractivity contribution in [3.8, 4) is 0 Å². The lowest BCUT2D eigenvalue weighted by molar-refractivity contribution is -0.311. The molecule has 0 aliphatic carbocycles. The minimum Gasteiger partial charge on any atom is -0.548 e. The Morgan fingerprint density at radius 2 is 0.956 bits per heavy atom. The molecule has 4 amide bonds. The van der Waals surface area contributed by atoms with Gasteiger partial charge in [0, 0.05) is 32.7 Å². The number of amides is 4. The Bertz CT molecular complexity index is 975. The van der Waals surface area contributed by atoms with Gasteiger partial charge in [-0.25, -0.2) is 19.2 Å². The first-order valence-electron chi connectivity index (χ1n) is 15.4. The zero-order valence-electron chi connectivity index (χ0n) is 29.4. The van der Waals surface area contributed by atoms with Crippen LogP contribution in [0.15, 0.2) is 0 Å². The third-order valence-corrected chi connectivity index (χ3v) is 5.35. The Hall–Kier alpha value is -3.45. The monoisotopic (exact) mass is 645 g/mol. The van der Waals surface area contributed by atoms with Crippen molar-refractivity contribution in [3.63, 3.8) is 0 Å². The summed E-state index contributed by atoms with van der Waals surface area (Å²) in [4.78, 5) is 64.7. The van der Waals surface area contributed by atoms with Gasteiger partial charge in [0.25, 0.3) is 0 Å². The molecule has 0 bridgehead atoms. The van der Waals surface area contributed by atoms with Crippen LogP contribution in [0, 0.1) is 0 Å². The number of aliphatic carboxylic acids is 1. The molecule has 45 heavy (non-hydrogen) atoms. The number of carbonyl (C=O) groups is 5. The number of nitrogens with one attached hydrogen (secondary N) is 2. The van der Waals surface area contributed by atoms with Crippen LogP contribution in [0.1, 0.15) is 109 Å². The standard InChI is InChI=1S/C31H58N4O10/c1-28(2,3)42-24(38)32-17-14-20-34(26(40)44-30(7,8)9)19-13-16-22(23(36)37)35(27(41)45-31(10,11)12)21-15-18-33-25(39)43-29(4,5)6/h22H,13-21H2,1-12H3,(H,32,38)(H,33,39)(H,36,37)/p-1/t22-/m0/s1. The molecule has 14 heteroatoms. The van der Waals surface area contributed by atoms with Gasteiger partial charge in [-0.15, -0.1) is 0 Å². The maximum atomic E-state index is 13.1. The molecule has 0 rings (SSSR count). The summed E-state index contributed by atoms with van der Waals surface area (Å²) in [7, 11) is 0. The van der Waals surface area contributed by atoms with Gasteiger partial charge in [-0.1, -0.05) is 0 Å². The third kappa shape index (κ3) is 21.8. The van der Waals surface area contributed by atoms with Crippen molar-refractivity contribution in [2.45, 2.75) is 137 Å². The van der Waals surface area contributed by atoms with E-state index in [4.69, 9.17) is 18.9 Å². The van der Waals surface area contributed by atoms with Crippen LogP contribution < -0.4 is 15.7 Å². The van der Waals surface area contributed by atoms with Crippen LogP contribution >= 0.6 is 0 Å². The maximum Gasteiger partial charge on any atom is 0.410 e. The Labute approximate surface area is 268 Å². The molecular formula is C31H57N4O10-. The van der Waals surface area contributed by atoms with E-state index < -0.39 is 58.8 Å². The highest BCUT2D eigenvalue weighted by atomic mass is 16.6. The van der Waals surface area contributed by atoms with Gasteiger partial charge in [0.1, 0.15) is 22.4 Å². The van der Waals surface area contributed by atoms with Gasteiger partial charge in [0.2, 0.25) is 0 Å². The van der Waals surface area contributed by atoms with E-state index in [0.717, 1.165) is 4.90 Å². The second-order valence-corrected chi connectivity index (χ2v) is 14.7. The Balaban J connectivity index is 5.53. The minimum atomic E-state index is -1.48. The largest absolute Gasteiger partial charge is 0.548 e. The van der Waals surface area contributed by atoms with Gasteiger partial charge in [-0.05, 0) is 109 Å². The number of carboxylic acid groups (broad SMARTS) is 1. The average Bonchev–Trinajstić information content (AvgIpc) is 2.79. The quantitative estimate of drug-likeness (QED) is 0.206. The lowest BCUT2D eigenvalue weighted by atomic mass is 10.1. The minimum absolute atomic E-state index is 0.0451. The number of carboxylic acids is 1. The zero-order valence-corrected chi connectivity index (χ0v) is 29.4. The van der Waals surface area contributed by atoms with Crippen LogP contribution in [-0.2, 0) is 23.7 Å². The fourth-order valence-electron chi connectivity index (χ4n) is 3.72. The molecule has 2 N–H and O–H groups in total. The molecule has 0 aliphatic heterocycles. The molecule has 1 atom stereocenters. The van der Waals surface area contributed by atoms with E-state index in [1.54, 1.807) is 83.1 Å². The van der Waals surface area contributed by atoms with E-state index in [2.05, 4.69) is 10.6 Å². The summed E-state index contributed by atoms with van der Waals surface area (Å²) in [5.41, 5.74) is -2.99. The molecular weight excluding hydrogens is 588 g/mol. The lowest BCUT2D eigenvalue weighted by Gasteiger charge is -2.35. The molecule has 0 saturated heterocycles. The number of ether oxygens (including phenoxy) is 4. The second kappa shape index (κ2) is 17.9. The Morgan fingerprint density at radius 1 is 0.578 bits per heavy atom. The summed E-state index contributed by atoms with van der Waals surface area (Å²) in [5.74, 6) is -1.48. The van der Waals surface area contributed by atoms with E-state index in [-0.39, 0.29) is 52.0 Å². The normalized spacial score (nSPS) is 12.8. The molecule has 0 aromatic carbocycles. The predicted molar refractivity (Wildman–Crippen MR) is 166 cm³/mol. The van der Waals surface area contributed by atoms with Gasteiger partial charge >= 0.3 is 24.4 Å². The van der Waals surface area contributed by atoms with Crippen LogP contribution in [0.4, 0.5) is 19.2 Å². The highest BCUT2D eigenvalue weighted by molar-refractivity contribution is 5.79. The summed E-state index contributed by atoms with van der Waals surface area (Å²) in [6.07, 6.45) is -1.90. The van der Waals surface area contributed by atoms with E-state index in [1.807, 2.05) is 0 Å². The van der Waals surface area contributed by atoms with Gasteiger partial charge < -0.3 is 44.4 Å². The molecule has 0 heterocycles.